The Morgan fingerprint density at radius 3 is 2.12 bits per heavy atom. The molecular formula is C26H30N2O5. The van der Waals surface area contributed by atoms with Crippen LogP contribution in [-0.4, -0.2) is 42.8 Å². The maximum Gasteiger partial charge on any atom is 0.407 e. The van der Waals surface area contributed by atoms with E-state index in [4.69, 9.17) is 4.74 Å². The van der Waals surface area contributed by atoms with Crippen LogP contribution in [0.2, 0.25) is 0 Å². The third-order valence-electron chi connectivity index (χ3n) is 6.86. The number of carbonyl (C=O) groups is 3. The van der Waals surface area contributed by atoms with E-state index in [-0.39, 0.29) is 31.5 Å². The number of ether oxygens (including phenoxy) is 1. The SMILES string of the molecule is CC(C)(CCNC(=O)C1(CNC(=O)OCC2c3ccccc3-c3ccccc32)CC1)C(=O)O. The number of fused-ring (bicyclic) bond motifs is 3. The highest BCUT2D eigenvalue weighted by molar-refractivity contribution is 5.86. The van der Waals surface area contributed by atoms with E-state index in [1.165, 1.54) is 11.1 Å². The lowest BCUT2D eigenvalue weighted by atomic mass is 9.89. The van der Waals surface area contributed by atoms with E-state index in [2.05, 4.69) is 34.9 Å². The maximum atomic E-state index is 12.6. The van der Waals surface area contributed by atoms with Crippen molar-refractivity contribution in [3.8, 4) is 11.1 Å². The minimum atomic E-state index is -0.899. The molecule has 0 heterocycles. The molecular weight excluding hydrogens is 420 g/mol. The van der Waals surface area contributed by atoms with Crippen molar-refractivity contribution in [3.05, 3.63) is 59.7 Å². The van der Waals surface area contributed by atoms with Crippen molar-refractivity contribution >= 4 is 18.0 Å². The molecule has 0 bridgehead atoms. The average molecular weight is 451 g/mol. The fraction of sp³-hybridized carbons (Fsp3) is 0.423. The number of nitrogens with one attached hydrogen (secondary N) is 2. The molecule has 2 amide bonds. The molecule has 7 nitrogen and oxygen atoms in total. The standard InChI is InChI=1S/C26H30N2O5/c1-25(2,23(30)31)13-14-27-22(29)26(11-12-26)16-28-24(32)33-15-21-19-9-5-3-7-17(19)18-8-4-6-10-20(18)21/h3-10,21H,11-16H2,1-2H3,(H,27,29)(H,28,32)(H,30,31). The summed E-state index contributed by atoms with van der Waals surface area (Å²) in [6, 6.07) is 16.3. The molecule has 1 saturated carbocycles. The van der Waals surface area contributed by atoms with Gasteiger partial charge in [0.05, 0.1) is 10.8 Å². The van der Waals surface area contributed by atoms with Crippen LogP contribution in [0.25, 0.3) is 11.1 Å². The summed E-state index contributed by atoms with van der Waals surface area (Å²) in [5.74, 6) is -1.06. The number of carboxylic acid groups (broad SMARTS) is 1. The average Bonchev–Trinajstić information content (AvgIpc) is 3.53. The summed E-state index contributed by atoms with van der Waals surface area (Å²) in [5, 5.41) is 14.8. The number of alkyl carbamates (subject to hydrolysis) is 1. The van der Waals surface area contributed by atoms with Crippen molar-refractivity contribution in [3.63, 3.8) is 0 Å². The molecule has 0 saturated heterocycles. The molecule has 0 atom stereocenters. The van der Waals surface area contributed by atoms with Gasteiger partial charge in [-0.2, -0.15) is 0 Å². The van der Waals surface area contributed by atoms with Gasteiger partial charge in [0, 0.05) is 19.0 Å². The number of carboxylic acids is 1. The minimum Gasteiger partial charge on any atom is -0.481 e. The molecule has 0 radical (unpaired) electrons. The summed E-state index contributed by atoms with van der Waals surface area (Å²) in [4.78, 5) is 36.2. The molecule has 7 heteroatoms. The third kappa shape index (κ3) is 4.72. The van der Waals surface area contributed by atoms with Crippen LogP contribution in [0.3, 0.4) is 0 Å². The highest BCUT2D eigenvalue weighted by atomic mass is 16.5. The number of aliphatic carboxylic acids is 1. The second-order valence-corrected chi connectivity index (χ2v) is 9.65. The zero-order valence-electron chi connectivity index (χ0n) is 19.0. The lowest BCUT2D eigenvalue weighted by Crippen LogP contribution is -2.42. The topological polar surface area (TPSA) is 105 Å². The Bertz CT molecular complexity index is 1030. The Balaban J connectivity index is 1.27. The quantitative estimate of drug-likeness (QED) is 0.537. The molecule has 2 aromatic rings. The summed E-state index contributed by atoms with van der Waals surface area (Å²) in [6.07, 6.45) is 1.17. The van der Waals surface area contributed by atoms with E-state index in [1.54, 1.807) is 13.8 Å². The monoisotopic (exact) mass is 450 g/mol. The molecule has 3 N–H and O–H groups in total. The van der Waals surface area contributed by atoms with Gasteiger partial charge in [-0.15, -0.1) is 0 Å². The van der Waals surface area contributed by atoms with Gasteiger partial charge in [0.2, 0.25) is 5.91 Å². The van der Waals surface area contributed by atoms with Gasteiger partial charge < -0.3 is 20.5 Å². The molecule has 33 heavy (non-hydrogen) atoms. The van der Waals surface area contributed by atoms with Gasteiger partial charge in [0.1, 0.15) is 6.61 Å². The Morgan fingerprint density at radius 1 is 1.00 bits per heavy atom. The molecule has 0 unspecified atom stereocenters. The summed E-state index contributed by atoms with van der Waals surface area (Å²) < 4.78 is 5.55. The largest absolute Gasteiger partial charge is 0.481 e. The lowest BCUT2D eigenvalue weighted by molar-refractivity contribution is -0.147. The van der Waals surface area contributed by atoms with Crippen molar-refractivity contribution in [2.75, 3.05) is 19.7 Å². The van der Waals surface area contributed by atoms with Crippen LogP contribution in [-0.2, 0) is 14.3 Å². The first-order valence-electron chi connectivity index (χ1n) is 11.3. The summed E-state index contributed by atoms with van der Waals surface area (Å²) >= 11 is 0. The second-order valence-electron chi connectivity index (χ2n) is 9.65. The van der Waals surface area contributed by atoms with Crippen molar-refractivity contribution in [2.45, 2.75) is 39.0 Å². The van der Waals surface area contributed by atoms with Crippen molar-refractivity contribution < 1.29 is 24.2 Å². The first-order chi connectivity index (χ1) is 15.7. The number of amides is 2. The van der Waals surface area contributed by atoms with Crippen LogP contribution < -0.4 is 10.6 Å². The van der Waals surface area contributed by atoms with Gasteiger partial charge in [-0.25, -0.2) is 4.79 Å². The zero-order valence-corrected chi connectivity index (χ0v) is 19.0. The Hall–Kier alpha value is -3.35. The summed E-state index contributed by atoms with van der Waals surface area (Å²) in [6.45, 7) is 3.98. The second kappa shape index (κ2) is 8.89. The molecule has 1 fully saturated rings. The molecule has 0 aromatic heterocycles. The van der Waals surface area contributed by atoms with Gasteiger partial charge in [-0.3, -0.25) is 9.59 Å². The van der Waals surface area contributed by atoms with Gasteiger partial charge in [0.15, 0.2) is 0 Å². The highest BCUT2D eigenvalue weighted by Crippen LogP contribution is 2.46. The number of benzene rings is 2. The molecule has 0 spiro atoms. The number of rotatable bonds is 9. The van der Waals surface area contributed by atoms with Crippen LogP contribution in [0.1, 0.15) is 50.2 Å². The Kier molecular flexibility index (Phi) is 6.15. The Morgan fingerprint density at radius 2 is 1.58 bits per heavy atom. The molecule has 0 aliphatic heterocycles. The first-order valence-corrected chi connectivity index (χ1v) is 11.3. The molecule has 2 aromatic carbocycles. The molecule has 174 valence electrons. The minimum absolute atomic E-state index is 0.0149. The smallest absolute Gasteiger partial charge is 0.407 e. The van der Waals surface area contributed by atoms with E-state index in [1.807, 2.05) is 24.3 Å². The third-order valence-corrected chi connectivity index (χ3v) is 6.86. The van der Waals surface area contributed by atoms with Gasteiger partial charge in [-0.05, 0) is 55.4 Å². The van der Waals surface area contributed by atoms with E-state index >= 15 is 0 Å². The van der Waals surface area contributed by atoms with Crippen LogP contribution in [0.5, 0.6) is 0 Å². The first kappa shape index (κ1) is 22.8. The molecule has 4 rings (SSSR count). The van der Waals surface area contributed by atoms with Crippen LogP contribution in [0, 0.1) is 10.8 Å². The van der Waals surface area contributed by atoms with E-state index in [0.29, 0.717) is 19.3 Å². The van der Waals surface area contributed by atoms with Crippen molar-refractivity contribution in [2.24, 2.45) is 10.8 Å². The maximum absolute atomic E-state index is 12.6. The predicted molar refractivity (Wildman–Crippen MR) is 124 cm³/mol. The normalized spacial score (nSPS) is 15.8. The van der Waals surface area contributed by atoms with Crippen LogP contribution >= 0.6 is 0 Å². The van der Waals surface area contributed by atoms with Crippen molar-refractivity contribution in [1.29, 1.82) is 0 Å². The van der Waals surface area contributed by atoms with Gasteiger partial charge in [0.25, 0.3) is 0 Å². The Labute approximate surface area is 193 Å². The van der Waals surface area contributed by atoms with Crippen LogP contribution in [0.15, 0.2) is 48.5 Å². The number of hydrogen-bond donors (Lipinski definition) is 3. The fourth-order valence-corrected chi connectivity index (χ4v) is 4.31. The summed E-state index contributed by atoms with van der Waals surface area (Å²) in [5.41, 5.74) is 3.11. The zero-order chi connectivity index (χ0) is 23.6. The van der Waals surface area contributed by atoms with Crippen molar-refractivity contribution in [1.82, 2.24) is 10.6 Å². The van der Waals surface area contributed by atoms with Gasteiger partial charge in [-0.1, -0.05) is 48.5 Å². The highest BCUT2D eigenvalue weighted by Gasteiger charge is 2.50. The lowest BCUT2D eigenvalue weighted by Gasteiger charge is -2.21. The number of hydrogen-bond acceptors (Lipinski definition) is 4. The van der Waals surface area contributed by atoms with E-state index < -0.39 is 22.9 Å². The predicted octanol–water partition coefficient (Wildman–Crippen LogP) is 3.92. The fourth-order valence-electron chi connectivity index (χ4n) is 4.31. The van der Waals surface area contributed by atoms with Crippen LogP contribution in [0.4, 0.5) is 4.79 Å². The number of carbonyl (C=O) groups excluding carboxylic acids is 2. The van der Waals surface area contributed by atoms with E-state index in [0.717, 1.165) is 11.1 Å². The molecule has 2 aliphatic rings. The van der Waals surface area contributed by atoms with E-state index in [9.17, 15) is 19.5 Å². The van der Waals surface area contributed by atoms with Gasteiger partial charge >= 0.3 is 12.1 Å². The summed E-state index contributed by atoms with van der Waals surface area (Å²) in [7, 11) is 0. The molecule has 2 aliphatic carbocycles.